The number of hydrogen-bond donors (Lipinski definition) is 1. The van der Waals surface area contributed by atoms with Gasteiger partial charge in [-0.1, -0.05) is 54.6 Å². The summed E-state index contributed by atoms with van der Waals surface area (Å²) >= 11 is 0. The van der Waals surface area contributed by atoms with Crippen LogP contribution < -0.4 is 0 Å². The molecule has 0 heterocycles. The van der Waals surface area contributed by atoms with Crippen LogP contribution in [-0.4, -0.2) is 16.9 Å². The van der Waals surface area contributed by atoms with Crippen molar-refractivity contribution in [3.05, 3.63) is 76.9 Å². The monoisotopic (exact) mass is 280 g/mol. The Morgan fingerprint density at radius 2 is 1.62 bits per heavy atom. The summed E-state index contributed by atoms with van der Waals surface area (Å²) < 4.78 is 0. The molecule has 0 amide bonds. The SMILES string of the molecule is CC(=Cc1ccc(C(=O)Cc2ccccc2)cc1)C(=O)O. The summed E-state index contributed by atoms with van der Waals surface area (Å²) in [6.07, 6.45) is 1.94. The topological polar surface area (TPSA) is 54.4 Å². The van der Waals surface area contributed by atoms with E-state index in [2.05, 4.69) is 0 Å². The highest BCUT2D eigenvalue weighted by atomic mass is 16.4. The highest BCUT2D eigenvalue weighted by molar-refractivity contribution is 5.98. The lowest BCUT2D eigenvalue weighted by Gasteiger charge is -2.02. The van der Waals surface area contributed by atoms with Crippen molar-refractivity contribution in [2.45, 2.75) is 13.3 Å². The van der Waals surface area contributed by atoms with E-state index < -0.39 is 5.97 Å². The summed E-state index contributed by atoms with van der Waals surface area (Å²) in [5.41, 5.74) is 2.64. The van der Waals surface area contributed by atoms with Gasteiger partial charge in [-0.05, 0) is 24.1 Å². The molecule has 0 saturated carbocycles. The molecular formula is C18H16O3. The van der Waals surface area contributed by atoms with Gasteiger partial charge in [-0.2, -0.15) is 0 Å². The van der Waals surface area contributed by atoms with E-state index in [9.17, 15) is 9.59 Å². The van der Waals surface area contributed by atoms with E-state index in [0.29, 0.717) is 12.0 Å². The van der Waals surface area contributed by atoms with E-state index in [4.69, 9.17) is 5.11 Å². The number of rotatable bonds is 5. The molecular weight excluding hydrogens is 264 g/mol. The maximum absolute atomic E-state index is 12.1. The fourth-order valence-electron chi connectivity index (χ4n) is 1.96. The van der Waals surface area contributed by atoms with Crippen LogP contribution in [0.1, 0.15) is 28.4 Å². The molecule has 0 unspecified atom stereocenters. The van der Waals surface area contributed by atoms with Gasteiger partial charge in [0.2, 0.25) is 0 Å². The van der Waals surface area contributed by atoms with E-state index in [0.717, 1.165) is 11.1 Å². The van der Waals surface area contributed by atoms with Crippen LogP contribution in [0.3, 0.4) is 0 Å². The number of Topliss-reactive ketones (excluding diaryl/α,β-unsaturated/α-hetero) is 1. The predicted octanol–water partition coefficient (Wildman–Crippen LogP) is 3.60. The molecule has 0 radical (unpaired) electrons. The molecule has 21 heavy (non-hydrogen) atoms. The zero-order chi connectivity index (χ0) is 15.2. The molecule has 0 aliphatic carbocycles. The first kappa shape index (κ1) is 14.7. The molecule has 0 aliphatic rings. The van der Waals surface area contributed by atoms with E-state index >= 15 is 0 Å². The fourth-order valence-corrected chi connectivity index (χ4v) is 1.96. The van der Waals surface area contributed by atoms with Crippen molar-refractivity contribution in [1.29, 1.82) is 0 Å². The van der Waals surface area contributed by atoms with Crippen LogP contribution in [0.25, 0.3) is 6.08 Å². The van der Waals surface area contributed by atoms with Gasteiger partial charge in [-0.25, -0.2) is 4.79 Å². The minimum atomic E-state index is -0.945. The molecule has 2 rings (SSSR count). The molecule has 0 spiro atoms. The van der Waals surface area contributed by atoms with Crippen LogP contribution in [0.2, 0.25) is 0 Å². The van der Waals surface area contributed by atoms with Gasteiger partial charge in [0, 0.05) is 17.6 Å². The smallest absolute Gasteiger partial charge is 0.331 e. The minimum absolute atomic E-state index is 0.0479. The Morgan fingerprint density at radius 3 is 2.19 bits per heavy atom. The molecule has 3 nitrogen and oxygen atoms in total. The Balaban J connectivity index is 2.10. The van der Waals surface area contributed by atoms with Crippen LogP contribution in [0.4, 0.5) is 0 Å². The molecule has 0 atom stereocenters. The van der Waals surface area contributed by atoms with Gasteiger partial charge in [0.05, 0.1) is 0 Å². The molecule has 2 aromatic rings. The van der Waals surface area contributed by atoms with Gasteiger partial charge in [0.25, 0.3) is 0 Å². The third-order valence-electron chi connectivity index (χ3n) is 3.16. The first-order chi connectivity index (χ1) is 10.1. The Morgan fingerprint density at radius 1 is 1.00 bits per heavy atom. The van der Waals surface area contributed by atoms with Crippen LogP contribution >= 0.6 is 0 Å². The summed E-state index contributed by atoms with van der Waals surface area (Å²) in [6.45, 7) is 1.54. The van der Waals surface area contributed by atoms with Crippen molar-refractivity contribution in [3.63, 3.8) is 0 Å². The number of carboxylic acid groups (broad SMARTS) is 1. The summed E-state index contributed by atoms with van der Waals surface area (Å²) in [6, 6.07) is 16.5. The number of ketones is 1. The van der Waals surface area contributed by atoms with Crippen LogP contribution in [0.5, 0.6) is 0 Å². The second-order valence-corrected chi connectivity index (χ2v) is 4.84. The number of carbonyl (C=O) groups excluding carboxylic acids is 1. The van der Waals surface area contributed by atoms with Gasteiger partial charge in [0.15, 0.2) is 5.78 Å². The Hall–Kier alpha value is -2.68. The Bertz CT molecular complexity index is 667. The highest BCUT2D eigenvalue weighted by Gasteiger charge is 2.07. The average Bonchev–Trinajstić information content (AvgIpc) is 2.48. The summed E-state index contributed by atoms with van der Waals surface area (Å²) in [5, 5.41) is 8.83. The lowest BCUT2D eigenvalue weighted by atomic mass is 10.0. The molecule has 0 bridgehead atoms. The average molecular weight is 280 g/mol. The third kappa shape index (κ3) is 4.14. The van der Waals surface area contributed by atoms with Crippen molar-refractivity contribution < 1.29 is 14.7 Å². The van der Waals surface area contributed by atoms with Crippen LogP contribution in [-0.2, 0) is 11.2 Å². The van der Waals surface area contributed by atoms with Crippen molar-refractivity contribution >= 4 is 17.8 Å². The second-order valence-electron chi connectivity index (χ2n) is 4.84. The molecule has 2 aromatic carbocycles. The number of hydrogen-bond acceptors (Lipinski definition) is 2. The first-order valence-corrected chi connectivity index (χ1v) is 6.65. The Kier molecular flexibility index (Phi) is 4.67. The van der Waals surface area contributed by atoms with Gasteiger partial charge < -0.3 is 5.11 Å². The lowest BCUT2D eigenvalue weighted by molar-refractivity contribution is -0.132. The van der Waals surface area contributed by atoms with Gasteiger partial charge in [0.1, 0.15) is 0 Å². The van der Waals surface area contributed by atoms with Crippen LogP contribution in [0, 0.1) is 0 Å². The van der Waals surface area contributed by atoms with E-state index in [1.165, 1.54) is 6.92 Å². The largest absolute Gasteiger partial charge is 0.478 e. The Labute approximate surface area is 123 Å². The van der Waals surface area contributed by atoms with Crippen molar-refractivity contribution in [3.8, 4) is 0 Å². The normalized spacial score (nSPS) is 11.2. The molecule has 1 N–H and O–H groups in total. The number of benzene rings is 2. The third-order valence-corrected chi connectivity index (χ3v) is 3.16. The standard InChI is InChI=1S/C18H16O3/c1-13(18(20)21)11-15-7-9-16(10-8-15)17(19)12-14-5-3-2-4-6-14/h2-11H,12H2,1H3,(H,20,21). The summed E-state index contributed by atoms with van der Waals surface area (Å²) in [5.74, 6) is -0.897. The van der Waals surface area contributed by atoms with E-state index in [1.807, 2.05) is 30.3 Å². The molecule has 0 fully saturated rings. The summed E-state index contributed by atoms with van der Waals surface area (Å²) in [7, 11) is 0. The van der Waals surface area contributed by atoms with Gasteiger partial charge in [-0.3, -0.25) is 4.79 Å². The van der Waals surface area contributed by atoms with Gasteiger partial charge in [-0.15, -0.1) is 0 Å². The maximum atomic E-state index is 12.1. The van der Waals surface area contributed by atoms with Crippen molar-refractivity contribution in [2.24, 2.45) is 0 Å². The first-order valence-electron chi connectivity index (χ1n) is 6.65. The zero-order valence-electron chi connectivity index (χ0n) is 11.7. The second kappa shape index (κ2) is 6.66. The maximum Gasteiger partial charge on any atom is 0.331 e. The zero-order valence-corrected chi connectivity index (χ0v) is 11.7. The molecule has 0 saturated heterocycles. The summed E-state index contributed by atoms with van der Waals surface area (Å²) in [4.78, 5) is 22.9. The molecule has 0 aromatic heterocycles. The molecule has 0 aliphatic heterocycles. The molecule has 106 valence electrons. The van der Waals surface area contributed by atoms with E-state index in [-0.39, 0.29) is 11.4 Å². The molecule has 3 heteroatoms. The predicted molar refractivity (Wildman–Crippen MR) is 82.2 cm³/mol. The van der Waals surface area contributed by atoms with Crippen LogP contribution in [0.15, 0.2) is 60.2 Å². The van der Waals surface area contributed by atoms with E-state index in [1.54, 1.807) is 30.3 Å². The number of carbonyl (C=O) groups is 2. The minimum Gasteiger partial charge on any atom is -0.478 e. The quantitative estimate of drug-likeness (QED) is 0.672. The highest BCUT2D eigenvalue weighted by Crippen LogP contribution is 2.12. The number of carboxylic acids is 1. The number of aliphatic carboxylic acids is 1. The lowest BCUT2D eigenvalue weighted by Crippen LogP contribution is -2.03. The fraction of sp³-hybridized carbons (Fsp3) is 0.111. The van der Waals surface area contributed by atoms with Crippen molar-refractivity contribution in [1.82, 2.24) is 0 Å². The van der Waals surface area contributed by atoms with Crippen molar-refractivity contribution in [2.75, 3.05) is 0 Å². The van der Waals surface area contributed by atoms with Gasteiger partial charge >= 0.3 is 5.97 Å².